The Kier molecular flexibility index (Phi) is 5.81. The standard InChI is InChI=1S/C17H23NO4/c1-2-22-13-8-6-7-12(11-13)16(19)18-15-10-5-3-4-9-14(15)17(20)21/h6-8,11,14-15H,2-5,9-10H2,1H3,(H,18,19)(H,20,21)/t14-,15+/m1/s1. The number of benzene rings is 1. The fraction of sp³-hybridized carbons (Fsp3) is 0.529. The van der Waals surface area contributed by atoms with Gasteiger partial charge in [0, 0.05) is 11.6 Å². The summed E-state index contributed by atoms with van der Waals surface area (Å²) < 4.78 is 5.39. The Labute approximate surface area is 130 Å². The van der Waals surface area contributed by atoms with Crippen LogP contribution in [0, 0.1) is 5.92 Å². The fourth-order valence-electron chi connectivity index (χ4n) is 2.92. The molecule has 0 bridgehead atoms. The minimum Gasteiger partial charge on any atom is -0.494 e. The normalized spacial score (nSPS) is 21.7. The molecule has 1 saturated carbocycles. The zero-order valence-electron chi connectivity index (χ0n) is 12.9. The Hall–Kier alpha value is -2.04. The molecule has 5 nitrogen and oxygen atoms in total. The molecule has 1 aromatic carbocycles. The van der Waals surface area contributed by atoms with Crippen LogP contribution in [0.4, 0.5) is 0 Å². The Morgan fingerprint density at radius 1 is 1.27 bits per heavy atom. The van der Waals surface area contributed by atoms with Crippen molar-refractivity contribution < 1.29 is 19.4 Å². The van der Waals surface area contributed by atoms with E-state index in [1.54, 1.807) is 24.3 Å². The number of carbonyl (C=O) groups is 2. The Bertz CT molecular complexity index is 529. The summed E-state index contributed by atoms with van der Waals surface area (Å²) >= 11 is 0. The SMILES string of the molecule is CCOc1cccc(C(=O)N[C@H]2CCCCC[C@H]2C(=O)O)c1. The van der Waals surface area contributed by atoms with Crippen molar-refractivity contribution in [2.75, 3.05) is 6.61 Å². The molecule has 0 saturated heterocycles. The third kappa shape index (κ3) is 4.23. The number of aliphatic carboxylic acids is 1. The Morgan fingerprint density at radius 2 is 2.05 bits per heavy atom. The molecule has 1 aromatic rings. The van der Waals surface area contributed by atoms with Crippen molar-refractivity contribution in [3.05, 3.63) is 29.8 Å². The molecule has 0 aromatic heterocycles. The van der Waals surface area contributed by atoms with Crippen LogP contribution < -0.4 is 10.1 Å². The molecule has 0 heterocycles. The summed E-state index contributed by atoms with van der Waals surface area (Å²) in [6.07, 6.45) is 4.22. The van der Waals surface area contributed by atoms with Crippen molar-refractivity contribution in [1.82, 2.24) is 5.32 Å². The zero-order valence-corrected chi connectivity index (χ0v) is 12.9. The van der Waals surface area contributed by atoms with Crippen LogP contribution in [0.1, 0.15) is 49.4 Å². The number of hydrogen-bond acceptors (Lipinski definition) is 3. The van der Waals surface area contributed by atoms with Crippen LogP contribution in [0.15, 0.2) is 24.3 Å². The highest BCUT2D eigenvalue weighted by Gasteiger charge is 2.30. The molecule has 22 heavy (non-hydrogen) atoms. The average molecular weight is 305 g/mol. The highest BCUT2D eigenvalue weighted by Crippen LogP contribution is 2.24. The van der Waals surface area contributed by atoms with E-state index < -0.39 is 11.9 Å². The summed E-state index contributed by atoms with van der Waals surface area (Å²) in [6, 6.07) is 6.66. The molecule has 1 aliphatic rings. The van der Waals surface area contributed by atoms with Crippen molar-refractivity contribution >= 4 is 11.9 Å². The van der Waals surface area contributed by atoms with E-state index in [9.17, 15) is 14.7 Å². The third-order valence-electron chi connectivity index (χ3n) is 4.06. The topological polar surface area (TPSA) is 75.6 Å². The van der Waals surface area contributed by atoms with Crippen LogP contribution >= 0.6 is 0 Å². The summed E-state index contributed by atoms with van der Waals surface area (Å²) in [5.74, 6) is -0.915. The van der Waals surface area contributed by atoms with E-state index in [4.69, 9.17) is 4.74 Å². The summed E-state index contributed by atoms with van der Waals surface area (Å²) in [6.45, 7) is 2.42. The molecule has 2 rings (SSSR count). The summed E-state index contributed by atoms with van der Waals surface area (Å²) in [5, 5.41) is 12.3. The van der Waals surface area contributed by atoms with E-state index in [1.807, 2.05) is 6.92 Å². The van der Waals surface area contributed by atoms with Crippen LogP contribution in [0.25, 0.3) is 0 Å². The largest absolute Gasteiger partial charge is 0.494 e. The monoisotopic (exact) mass is 305 g/mol. The molecule has 0 unspecified atom stereocenters. The number of carboxylic acids is 1. The van der Waals surface area contributed by atoms with Gasteiger partial charge < -0.3 is 15.2 Å². The van der Waals surface area contributed by atoms with Crippen molar-refractivity contribution in [3.8, 4) is 5.75 Å². The van der Waals surface area contributed by atoms with E-state index in [0.29, 0.717) is 30.8 Å². The van der Waals surface area contributed by atoms with Gasteiger partial charge in [0.25, 0.3) is 5.91 Å². The number of ether oxygens (including phenoxy) is 1. The van der Waals surface area contributed by atoms with Gasteiger partial charge in [-0.1, -0.05) is 25.3 Å². The lowest BCUT2D eigenvalue weighted by Crippen LogP contribution is -2.42. The van der Waals surface area contributed by atoms with Crippen LogP contribution in [-0.2, 0) is 4.79 Å². The van der Waals surface area contributed by atoms with Gasteiger partial charge in [0.2, 0.25) is 0 Å². The van der Waals surface area contributed by atoms with Gasteiger partial charge in [-0.3, -0.25) is 9.59 Å². The van der Waals surface area contributed by atoms with Gasteiger partial charge >= 0.3 is 5.97 Å². The highest BCUT2D eigenvalue weighted by molar-refractivity contribution is 5.95. The first kappa shape index (κ1) is 16.3. The second-order valence-electron chi connectivity index (χ2n) is 5.62. The molecule has 0 radical (unpaired) electrons. The second-order valence-corrected chi connectivity index (χ2v) is 5.62. The molecule has 0 aliphatic heterocycles. The second kappa shape index (κ2) is 7.82. The molecule has 1 amide bonds. The fourth-order valence-corrected chi connectivity index (χ4v) is 2.92. The first-order chi connectivity index (χ1) is 10.6. The summed E-state index contributed by atoms with van der Waals surface area (Å²) in [4.78, 5) is 23.8. The Balaban J connectivity index is 2.08. The van der Waals surface area contributed by atoms with Crippen molar-refractivity contribution in [3.63, 3.8) is 0 Å². The maximum atomic E-state index is 12.4. The van der Waals surface area contributed by atoms with E-state index in [0.717, 1.165) is 19.3 Å². The molecule has 2 atom stereocenters. The van der Waals surface area contributed by atoms with E-state index >= 15 is 0 Å². The number of carbonyl (C=O) groups excluding carboxylic acids is 1. The number of rotatable bonds is 5. The van der Waals surface area contributed by atoms with Crippen LogP contribution in [0.5, 0.6) is 5.75 Å². The van der Waals surface area contributed by atoms with Gasteiger partial charge in [-0.25, -0.2) is 0 Å². The highest BCUT2D eigenvalue weighted by atomic mass is 16.5. The van der Waals surface area contributed by atoms with Crippen LogP contribution in [-0.4, -0.2) is 29.6 Å². The molecule has 0 spiro atoms. The number of carboxylic acid groups (broad SMARTS) is 1. The van der Waals surface area contributed by atoms with Gasteiger partial charge in [-0.15, -0.1) is 0 Å². The van der Waals surface area contributed by atoms with Crippen LogP contribution in [0.3, 0.4) is 0 Å². The predicted octanol–water partition coefficient (Wildman–Crippen LogP) is 2.85. The number of hydrogen-bond donors (Lipinski definition) is 2. The summed E-state index contributed by atoms with van der Waals surface area (Å²) in [5.41, 5.74) is 0.499. The molecule has 2 N–H and O–H groups in total. The van der Waals surface area contributed by atoms with Crippen LogP contribution in [0.2, 0.25) is 0 Å². The van der Waals surface area contributed by atoms with Crippen molar-refractivity contribution in [2.45, 2.75) is 45.1 Å². The number of amides is 1. The molecule has 1 aliphatic carbocycles. The minimum absolute atomic E-state index is 0.236. The summed E-state index contributed by atoms with van der Waals surface area (Å²) in [7, 11) is 0. The lowest BCUT2D eigenvalue weighted by molar-refractivity contribution is -0.142. The third-order valence-corrected chi connectivity index (χ3v) is 4.06. The predicted molar refractivity (Wildman–Crippen MR) is 83.1 cm³/mol. The molecular weight excluding hydrogens is 282 g/mol. The first-order valence-corrected chi connectivity index (χ1v) is 7.88. The molecule has 120 valence electrons. The molecule has 5 heteroatoms. The quantitative estimate of drug-likeness (QED) is 0.820. The van der Waals surface area contributed by atoms with Gasteiger partial charge in [-0.05, 0) is 38.0 Å². The maximum absolute atomic E-state index is 12.4. The molecular formula is C17H23NO4. The van der Waals surface area contributed by atoms with Gasteiger partial charge in [0.05, 0.1) is 12.5 Å². The first-order valence-electron chi connectivity index (χ1n) is 7.88. The zero-order chi connectivity index (χ0) is 15.9. The molecule has 1 fully saturated rings. The smallest absolute Gasteiger partial charge is 0.308 e. The Morgan fingerprint density at radius 3 is 2.77 bits per heavy atom. The van der Waals surface area contributed by atoms with Gasteiger partial charge in [0.15, 0.2) is 0 Å². The minimum atomic E-state index is -0.824. The van der Waals surface area contributed by atoms with E-state index in [1.165, 1.54) is 0 Å². The average Bonchev–Trinajstić information content (AvgIpc) is 2.73. The lowest BCUT2D eigenvalue weighted by atomic mass is 9.94. The van der Waals surface area contributed by atoms with Crippen molar-refractivity contribution in [1.29, 1.82) is 0 Å². The van der Waals surface area contributed by atoms with Crippen molar-refractivity contribution in [2.24, 2.45) is 5.92 Å². The van der Waals surface area contributed by atoms with E-state index in [2.05, 4.69) is 5.32 Å². The van der Waals surface area contributed by atoms with Gasteiger partial charge in [0.1, 0.15) is 5.75 Å². The number of nitrogens with one attached hydrogen (secondary N) is 1. The maximum Gasteiger partial charge on any atom is 0.308 e. The lowest BCUT2D eigenvalue weighted by Gasteiger charge is -2.23. The van der Waals surface area contributed by atoms with E-state index in [-0.39, 0.29) is 11.9 Å². The van der Waals surface area contributed by atoms with Gasteiger partial charge in [-0.2, -0.15) is 0 Å².